The number of unbranched alkanes of at least 4 members (excludes halogenated alkanes) is 2. The lowest BCUT2D eigenvalue weighted by atomic mass is 9.77. The van der Waals surface area contributed by atoms with Crippen LogP contribution in [0.15, 0.2) is 54.6 Å². The molecule has 1 aliphatic rings. The summed E-state index contributed by atoms with van der Waals surface area (Å²) in [6, 6.07) is 15.3. The van der Waals surface area contributed by atoms with Crippen LogP contribution in [-0.4, -0.2) is 30.9 Å². The zero-order chi connectivity index (χ0) is 24.3. The van der Waals surface area contributed by atoms with E-state index < -0.39 is 12.6 Å². The minimum Gasteiger partial charge on any atom is -0.490 e. The van der Waals surface area contributed by atoms with Crippen LogP contribution in [0.5, 0.6) is 5.75 Å². The van der Waals surface area contributed by atoms with Gasteiger partial charge in [-0.25, -0.2) is 4.79 Å². The lowest BCUT2D eigenvalue weighted by molar-refractivity contribution is -0.140. The molecule has 1 fully saturated rings. The molecule has 4 nitrogen and oxygen atoms in total. The van der Waals surface area contributed by atoms with Crippen LogP contribution >= 0.6 is 0 Å². The monoisotopic (exact) mass is 464 g/mol. The van der Waals surface area contributed by atoms with Crippen LogP contribution < -0.4 is 4.74 Å². The third-order valence-corrected chi connectivity index (χ3v) is 7.01. The zero-order valence-electron chi connectivity index (χ0n) is 20.9. The lowest BCUT2D eigenvalue weighted by Crippen LogP contribution is -2.15. The molecule has 0 saturated heterocycles. The third-order valence-electron chi connectivity index (χ3n) is 7.01. The maximum Gasteiger partial charge on any atom is 0.335 e. The maximum absolute atomic E-state index is 11.5. The van der Waals surface area contributed by atoms with Crippen molar-refractivity contribution < 1.29 is 19.4 Å². The van der Waals surface area contributed by atoms with Gasteiger partial charge in [0.15, 0.2) is 0 Å². The summed E-state index contributed by atoms with van der Waals surface area (Å²) in [5.41, 5.74) is 4.94. The van der Waals surface area contributed by atoms with Gasteiger partial charge in [-0.05, 0) is 78.8 Å². The Kier molecular flexibility index (Phi) is 10.2. The maximum atomic E-state index is 11.5. The Bertz CT molecular complexity index is 923. The van der Waals surface area contributed by atoms with Crippen molar-refractivity contribution in [1.82, 2.24) is 0 Å². The molecule has 0 amide bonds. The minimum atomic E-state index is -0.596. The van der Waals surface area contributed by atoms with Gasteiger partial charge in [0.1, 0.15) is 19.0 Å². The Labute approximate surface area is 205 Å². The van der Waals surface area contributed by atoms with Crippen molar-refractivity contribution in [2.75, 3.05) is 19.8 Å². The Hall–Kier alpha value is -2.59. The molecule has 0 radical (unpaired) electrons. The number of rotatable bonds is 12. The van der Waals surface area contributed by atoms with Crippen LogP contribution in [0.4, 0.5) is 0 Å². The van der Waals surface area contributed by atoms with Gasteiger partial charge in [-0.1, -0.05) is 69.5 Å². The van der Waals surface area contributed by atoms with E-state index in [9.17, 15) is 4.79 Å². The van der Waals surface area contributed by atoms with Gasteiger partial charge in [0.05, 0.1) is 12.2 Å². The second-order valence-corrected chi connectivity index (χ2v) is 9.56. The average Bonchev–Trinajstić information content (AvgIpc) is 2.87. The fourth-order valence-corrected chi connectivity index (χ4v) is 4.86. The van der Waals surface area contributed by atoms with Crippen LogP contribution in [0.2, 0.25) is 0 Å². The lowest BCUT2D eigenvalue weighted by Gasteiger charge is -2.29. The van der Waals surface area contributed by atoms with Crippen LogP contribution in [0.25, 0.3) is 11.1 Å². The van der Waals surface area contributed by atoms with Gasteiger partial charge < -0.3 is 14.6 Å². The molecule has 0 unspecified atom stereocenters. The molecule has 0 aliphatic heterocycles. The Balaban J connectivity index is 1.49. The normalized spacial score (nSPS) is 17.9. The standard InChI is InChI=1S/C30H40O4/c1-4-5-6-7-24-8-10-25(11-9-24)26-12-14-27(15-13-26)28-16-17-29(22(2)20-28)33-18-19-34-30(32)23(3)21-31/h12-17,20,24-25,31H,3-11,18-19,21H2,1-2H3. The number of carbonyl (C=O) groups is 1. The Morgan fingerprint density at radius 1 is 1.00 bits per heavy atom. The third kappa shape index (κ3) is 7.46. The van der Waals surface area contributed by atoms with Crippen LogP contribution in [-0.2, 0) is 9.53 Å². The summed E-state index contributed by atoms with van der Waals surface area (Å²) in [6.07, 6.45) is 10.9. The van der Waals surface area contributed by atoms with Gasteiger partial charge in [-0.15, -0.1) is 0 Å². The number of carbonyl (C=O) groups excluding carboxylic acids is 1. The number of esters is 1. The Morgan fingerprint density at radius 3 is 2.35 bits per heavy atom. The first-order valence-corrected chi connectivity index (χ1v) is 12.8. The summed E-state index contributed by atoms with van der Waals surface area (Å²) in [5.74, 6) is 1.82. The first-order valence-electron chi connectivity index (χ1n) is 12.8. The molecule has 0 atom stereocenters. The van der Waals surface area contributed by atoms with E-state index in [1.165, 1.54) is 68.1 Å². The van der Waals surface area contributed by atoms with Crippen molar-refractivity contribution in [3.05, 3.63) is 65.7 Å². The van der Waals surface area contributed by atoms with E-state index in [0.717, 1.165) is 17.2 Å². The van der Waals surface area contributed by atoms with E-state index in [-0.39, 0.29) is 18.8 Å². The van der Waals surface area contributed by atoms with Crippen molar-refractivity contribution in [3.63, 3.8) is 0 Å². The second kappa shape index (κ2) is 13.3. The van der Waals surface area contributed by atoms with Gasteiger partial charge in [0, 0.05) is 0 Å². The molecule has 2 aromatic carbocycles. The predicted octanol–water partition coefficient (Wildman–Crippen LogP) is 6.99. The molecule has 34 heavy (non-hydrogen) atoms. The number of benzene rings is 2. The van der Waals surface area contributed by atoms with Crippen molar-refractivity contribution in [1.29, 1.82) is 0 Å². The van der Waals surface area contributed by atoms with Gasteiger partial charge in [0.25, 0.3) is 0 Å². The summed E-state index contributed by atoms with van der Waals surface area (Å²) in [5, 5.41) is 8.89. The van der Waals surface area contributed by atoms with Gasteiger partial charge >= 0.3 is 5.97 Å². The molecule has 4 heteroatoms. The van der Waals surface area contributed by atoms with Gasteiger partial charge in [-0.3, -0.25) is 0 Å². The van der Waals surface area contributed by atoms with Crippen LogP contribution in [0.3, 0.4) is 0 Å². The summed E-state index contributed by atoms with van der Waals surface area (Å²) >= 11 is 0. The van der Waals surface area contributed by atoms with E-state index in [1.54, 1.807) is 0 Å². The van der Waals surface area contributed by atoms with E-state index >= 15 is 0 Å². The molecule has 1 saturated carbocycles. The molecule has 3 rings (SSSR count). The number of hydrogen-bond donors (Lipinski definition) is 1. The molecule has 0 bridgehead atoms. The number of aliphatic hydroxyl groups is 1. The quantitative estimate of drug-likeness (QED) is 0.209. The van der Waals surface area contributed by atoms with E-state index in [0.29, 0.717) is 5.92 Å². The average molecular weight is 465 g/mol. The van der Waals surface area contributed by atoms with E-state index in [2.05, 4.69) is 49.9 Å². The first-order chi connectivity index (χ1) is 16.5. The highest BCUT2D eigenvalue weighted by molar-refractivity contribution is 5.87. The molecule has 1 aliphatic carbocycles. The first kappa shape index (κ1) is 26.0. The van der Waals surface area contributed by atoms with Crippen molar-refractivity contribution in [3.8, 4) is 16.9 Å². The fraction of sp³-hybridized carbons (Fsp3) is 0.500. The number of hydrogen-bond acceptors (Lipinski definition) is 4. The van der Waals surface area contributed by atoms with E-state index in [1.807, 2.05) is 13.0 Å². The zero-order valence-corrected chi connectivity index (χ0v) is 20.9. The molecule has 1 N–H and O–H groups in total. The molecular weight excluding hydrogens is 424 g/mol. The summed E-state index contributed by atoms with van der Waals surface area (Å²) in [6.45, 7) is 7.71. The molecule has 0 spiro atoms. The largest absolute Gasteiger partial charge is 0.490 e. The summed E-state index contributed by atoms with van der Waals surface area (Å²) < 4.78 is 10.8. The smallest absolute Gasteiger partial charge is 0.335 e. The number of aliphatic hydroxyl groups excluding tert-OH is 1. The molecular formula is C30H40O4. The topological polar surface area (TPSA) is 55.8 Å². The summed E-state index contributed by atoms with van der Waals surface area (Å²) in [4.78, 5) is 11.5. The van der Waals surface area contributed by atoms with Crippen molar-refractivity contribution in [2.45, 2.75) is 71.1 Å². The van der Waals surface area contributed by atoms with Gasteiger partial charge in [-0.2, -0.15) is 0 Å². The van der Waals surface area contributed by atoms with Gasteiger partial charge in [0.2, 0.25) is 0 Å². The van der Waals surface area contributed by atoms with E-state index in [4.69, 9.17) is 14.6 Å². The highest BCUT2D eigenvalue weighted by atomic mass is 16.6. The van der Waals surface area contributed by atoms with Crippen molar-refractivity contribution in [2.24, 2.45) is 5.92 Å². The molecule has 0 aromatic heterocycles. The highest BCUT2D eigenvalue weighted by Gasteiger charge is 2.22. The molecule has 184 valence electrons. The molecule has 2 aromatic rings. The Morgan fingerprint density at radius 2 is 1.71 bits per heavy atom. The predicted molar refractivity (Wildman–Crippen MR) is 138 cm³/mol. The fourth-order valence-electron chi connectivity index (χ4n) is 4.86. The SMILES string of the molecule is C=C(CO)C(=O)OCCOc1ccc(-c2ccc(C3CCC(CCCCC)CC3)cc2)cc1C. The minimum absolute atomic E-state index is 0.0432. The number of aryl methyl sites for hydroxylation is 1. The van der Waals surface area contributed by atoms with Crippen LogP contribution in [0, 0.1) is 12.8 Å². The molecule has 0 heterocycles. The highest BCUT2D eigenvalue weighted by Crippen LogP contribution is 2.38. The van der Waals surface area contributed by atoms with Crippen LogP contribution in [0.1, 0.15) is 75.3 Å². The summed E-state index contributed by atoms with van der Waals surface area (Å²) in [7, 11) is 0. The number of ether oxygens (including phenoxy) is 2. The second-order valence-electron chi connectivity index (χ2n) is 9.56. The van der Waals surface area contributed by atoms with Crippen molar-refractivity contribution >= 4 is 5.97 Å².